The number of carboxylic acids is 3. The summed E-state index contributed by atoms with van der Waals surface area (Å²) in [5, 5.41) is 51.1. The summed E-state index contributed by atoms with van der Waals surface area (Å²) < 4.78 is 7.11. The zero-order chi connectivity index (χ0) is 25.2. The maximum atomic E-state index is 10.0. The Morgan fingerprint density at radius 1 is 1.12 bits per heavy atom. The van der Waals surface area contributed by atoms with Crippen LogP contribution in [-0.4, -0.2) is 93.0 Å². The third-order valence-corrected chi connectivity index (χ3v) is 3.54. The standard InChI is InChI=1S/C10H13N5O4S.3C2H4O2/c11-10-13-7-4(8(20)14-10)12-2-15(7)9-6(18)5(17)3(1-16)19-9;3*1-2(3)4/h2-3,5-6,9,16-18H,1H2,(H3,11,13,14,20);3*1H3,(H,3,4)/t3-,5-,6-,9-;;;/m1.../s1. The smallest absolute Gasteiger partial charge is 0.300 e. The van der Waals surface area contributed by atoms with Crippen molar-refractivity contribution in [3.05, 3.63) is 11.0 Å². The molecule has 3 rings (SSSR count). The highest BCUT2D eigenvalue weighted by molar-refractivity contribution is 7.71. The van der Waals surface area contributed by atoms with Crippen LogP contribution in [0.4, 0.5) is 5.95 Å². The van der Waals surface area contributed by atoms with E-state index in [9.17, 15) is 10.2 Å². The van der Waals surface area contributed by atoms with Crippen molar-refractivity contribution in [3.8, 4) is 0 Å². The van der Waals surface area contributed by atoms with Gasteiger partial charge in [-0.2, -0.15) is 0 Å². The topological polar surface area (TPSA) is 254 Å². The van der Waals surface area contributed by atoms with Crippen molar-refractivity contribution in [1.82, 2.24) is 19.5 Å². The Balaban J connectivity index is 0.000000668. The number of nitrogens with two attached hydrogens (primary N) is 1. The van der Waals surface area contributed by atoms with Crippen molar-refractivity contribution in [2.75, 3.05) is 12.3 Å². The summed E-state index contributed by atoms with van der Waals surface area (Å²) >= 11 is 5.05. The third-order valence-electron chi connectivity index (χ3n) is 3.26. The minimum atomic E-state index is -1.21. The number of aliphatic carboxylic acids is 3. The first-order chi connectivity index (χ1) is 14.7. The SMILES string of the molecule is CC(=O)O.CC(=O)O.CC(=O)O.Nc1nc(=S)c2ncn([C@@H]3O[C@H](CO)[C@@H](O)[C@H]3O)c2[nH]1. The van der Waals surface area contributed by atoms with Crippen LogP contribution in [0.1, 0.15) is 27.0 Å². The number of nitrogen functional groups attached to an aromatic ring is 1. The molecule has 4 atom stereocenters. The van der Waals surface area contributed by atoms with Gasteiger partial charge in [-0.3, -0.25) is 19.0 Å². The molecule has 180 valence electrons. The molecule has 1 fully saturated rings. The first kappa shape index (κ1) is 28.8. The van der Waals surface area contributed by atoms with E-state index in [-0.39, 0.29) is 10.6 Å². The van der Waals surface area contributed by atoms with E-state index in [1.54, 1.807) is 0 Å². The lowest BCUT2D eigenvalue weighted by molar-refractivity contribution is -0.135. The Morgan fingerprint density at radius 3 is 2.00 bits per heavy atom. The summed E-state index contributed by atoms with van der Waals surface area (Å²) in [6.45, 7) is 2.85. The molecule has 1 aliphatic heterocycles. The Labute approximate surface area is 185 Å². The van der Waals surface area contributed by atoms with Crippen LogP contribution in [0, 0.1) is 4.64 Å². The van der Waals surface area contributed by atoms with Crippen LogP contribution >= 0.6 is 12.2 Å². The third kappa shape index (κ3) is 9.31. The zero-order valence-corrected chi connectivity index (χ0v) is 18.1. The van der Waals surface area contributed by atoms with Gasteiger partial charge in [0, 0.05) is 20.8 Å². The minimum Gasteiger partial charge on any atom is -0.481 e. The number of ether oxygens (including phenoxy) is 1. The van der Waals surface area contributed by atoms with Gasteiger partial charge in [-0.25, -0.2) is 9.97 Å². The number of imidazole rings is 1. The normalized spacial score (nSPS) is 21.2. The number of rotatable bonds is 2. The highest BCUT2D eigenvalue weighted by Gasteiger charge is 2.43. The Hall–Kier alpha value is -3.18. The lowest BCUT2D eigenvalue weighted by atomic mass is 10.1. The van der Waals surface area contributed by atoms with E-state index >= 15 is 0 Å². The number of nitrogens with zero attached hydrogens (tertiary/aromatic N) is 3. The van der Waals surface area contributed by atoms with E-state index in [2.05, 4.69) is 15.0 Å². The molecular weight excluding hydrogens is 454 g/mol. The summed E-state index contributed by atoms with van der Waals surface area (Å²) in [4.78, 5) is 37.8. The number of nitrogens with one attached hydrogen (secondary N) is 1. The number of H-pyrrole nitrogens is 1. The highest BCUT2D eigenvalue weighted by Crippen LogP contribution is 2.31. The number of aliphatic hydroxyl groups excluding tert-OH is 3. The van der Waals surface area contributed by atoms with Crippen LogP contribution in [0.3, 0.4) is 0 Å². The van der Waals surface area contributed by atoms with E-state index in [4.69, 9.17) is 57.5 Å². The maximum absolute atomic E-state index is 10.0. The van der Waals surface area contributed by atoms with E-state index in [1.165, 1.54) is 10.9 Å². The summed E-state index contributed by atoms with van der Waals surface area (Å²) in [7, 11) is 0. The number of carbonyl (C=O) groups is 3. The number of carboxylic acid groups (broad SMARTS) is 3. The summed E-state index contributed by atoms with van der Waals surface area (Å²) in [5.41, 5.74) is 6.44. The molecule has 0 amide bonds. The van der Waals surface area contributed by atoms with Crippen molar-refractivity contribution >= 4 is 47.2 Å². The van der Waals surface area contributed by atoms with Crippen molar-refractivity contribution in [2.24, 2.45) is 0 Å². The van der Waals surface area contributed by atoms with Gasteiger partial charge in [0.25, 0.3) is 17.9 Å². The lowest BCUT2D eigenvalue weighted by Crippen LogP contribution is -2.33. The van der Waals surface area contributed by atoms with E-state index < -0.39 is 49.1 Å². The monoisotopic (exact) mass is 479 g/mol. The van der Waals surface area contributed by atoms with Gasteiger partial charge in [-0.1, -0.05) is 12.2 Å². The van der Waals surface area contributed by atoms with Crippen LogP contribution < -0.4 is 5.73 Å². The summed E-state index contributed by atoms with van der Waals surface area (Å²) in [6, 6.07) is 0. The predicted molar refractivity (Wildman–Crippen MR) is 110 cm³/mol. The van der Waals surface area contributed by atoms with Gasteiger partial charge in [0.1, 0.15) is 29.5 Å². The molecular formula is C16H25N5O10S. The molecule has 0 aliphatic carbocycles. The van der Waals surface area contributed by atoms with Crippen molar-refractivity contribution in [1.29, 1.82) is 0 Å². The molecule has 0 unspecified atom stereocenters. The molecule has 1 saturated heterocycles. The Morgan fingerprint density at radius 2 is 1.59 bits per heavy atom. The highest BCUT2D eigenvalue weighted by atomic mass is 32.1. The number of hydrogen-bond donors (Lipinski definition) is 8. The number of fused-ring (bicyclic) bond motifs is 1. The van der Waals surface area contributed by atoms with Gasteiger partial charge in [0.15, 0.2) is 16.8 Å². The van der Waals surface area contributed by atoms with Crippen molar-refractivity contribution in [2.45, 2.75) is 45.3 Å². The lowest BCUT2D eigenvalue weighted by Gasteiger charge is -2.16. The van der Waals surface area contributed by atoms with Gasteiger partial charge in [-0.15, -0.1) is 0 Å². The van der Waals surface area contributed by atoms with Gasteiger partial charge in [0.2, 0.25) is 0 Å². The molecule has 32 heavy (non-hydrogen) atoms. The fourth-order valence-corrected chi connectivity index (χ4v) is 2.50. The predicted octanol–water partition coefficient (Wildman–Crippen LogP) is -1.04. The van der Waals surface area contributed by atoms with E-state index in [1.807, 2.05) is 0 Å². The molecule has 0 aromatic carbocycles. The number of aromatic amines is 1. The van der Waals surface area contributed by atoms with Crippen molar-refractivity contribution in [3.63, 3.8) is 0 Å². The Bertz CT molecular complexity index is 937. The molecule has 15 nitrogen and oxygen atoms in total. The molecule has 0 bridgehead atoms. The molecule has 3 heterocycles. The number of anilines is 1. The minimum absolute atomic E-state index is 0.107. The van der Waals surface area contributed by atoms with E-state index in [0.717, 1.165) is 20.8 Å². The summed E-state index contributed by atoms with van der Waals surface area (Å²) in [5.74, 6) is -2.39. The first-order valence-electron chi connectivity index (χ1n) is 8.66. The molecule has 0 spiro atoms. The zero-order valence-electron chi connectivity index (χ0n) is 17.2. The maximum Gasteiger partial charge on any atom is 0.300 e. The summed E-state index contributed by atoms with van der Waals surface area (Å²) in [6.07, 6.45) is -2.77. The van der Waals surface area contributed by atoms with Gasteiger partial charge in [-0.05, 0) is 0 Å². The number of aliphatic hydroxyl groups is 3. The van der Waals surface area contributed by atoms with Crippen LogP contribution in [0.5, 0.6) is 0 Å². The largest absolute Gasteiger partial charge is 0.481 e. The molecule has 1 aliphatic rings. The van der Waals surface area contributed by atoms with Crippen LogP contribution in [0.15, 0.2) is 6.33 Å². The second-order valence-electron chi connectivity index (χ2n) is 6.06. The van der Waals surface area contributed by atoms with Gasteiger partial charge >= 0.3 is 0 Å². The Kier molecular flexibility index (Phi) is 12.0. The fourth-order valence-electron chi connectivity index (χ4n) is 2.26. The van der Waals surface area contributed by atoms with Crippen LogP contribution in [0.25, 0.3) is 11.2 Å². The average molecular weight is 479 g/mol. The van der Waals surface area contributed by atoms with Gasteiger partial charge in [0.05, 0.1) is 12.9 Å². The molecule has 2 aromatic heterocycles. The molecule has 2 aromatic rings. The van der Waals surface area contributed by atoms with E-state index in [0.29, 0.717) is 11.2 Å². The number of aromatic nitrogens is 4. The van der Waals surface area contributed by atoms with Crippen LogP contribution in [0.2, 0.25) is 0 Å². The quantitative estimate of drug-likeness (QED) is 0.239. The average Bonchev–Trinajstić information content (AvgIpc) is 3.15. The van der Waals surface area contributed by atoms with Crippen LogP contribution in [-0.2, 0) is 19.1 Å². The van der Waals surface area contributed by atoms with Gasteiger partial charge < -0.3 is 46.1 Å². The fraction of sp³-hybridized carbons (Fsp3) is 0.500. The number of hydrogen-bond acceptors (Lipinski definition) is 11. The molecule has 9 N–H and O–H groups in total. The molecule has 16 heteroatoms. The molecule has 0 radical (unpaired) electrons. The molecule has 0 saturated carbocycles. The first-order valence-corrected chi connectivity index (χ1v) is 9.07. The second kappa shape index (κ2) is 13.3. The van der Waals surface area contributed by atoms with Crippen molar-refractivity contribution < 1.29 is 49.8 Å². The second-order valence-corrected chi connectivity index (χ2v) is 6.45.